The third-order valence-corrected chi connectivity index (χ3v) is 3.79. The van der Waals surface area contributed by atoms with Gasteiger partial charge >= 0.3 is 5.69 Å². The van der Waals surface area contributed by atoms with E-state index in [0.717, 1.165) is 0 Å². The van der Waals surface area contributed by atoms with Crippen LogP contribution in [0.1, 0.15) is 0 Å². The van der Waals surface area contributed by atoms with Crippen LogP contribution in [0.3, 0.4) is 0 Å². The van der Waals surface area contributed by atoms with Crippen LogP contribution in [0.15, 0.2) is 54.9 Å². The topological polar surface area (TPSA) is 93.0 Å². The summed E-state index contributed by atoms with van der Waals surface area (Å²) in [5.74, 6) is 0.0643. The molecule has 0 saturated carbocycles. The van der Waals surface area contributed by atoms with E-state index in [4.69, 9.17) is 23.2 Å². The van der Waals surface area contributed by atoms with Gasteiger partial charge in [-0.1, -0.05) is 41.4 Å². The second-order valence-corrected chi connectivity index (χ2v) is 5.76. The first-order valence-electron chi connectivity index (χ1n) is 7.08. The molecule has 1 heterocycles. The van der Waals surface area contributed by atoms with Gasteiger partial charge in [0.25, 0.3) is 0 Å². The molecule has 0 aliphatic rings. The Morgan fingerprint density at radius 2 is 1.64 bits per heavy atom. The molecule has 0 saturated heterocycles. The maximum absolute atomic E-state index is 11.6. The second kappa shape index (κ2) is 7.33. The van der Waals surface area contributed by atoms with Crippen molar-refractivity contribution in [2.75, 3.05) is 10.6 Å². The number of benzene rings is 2. The Balaban J connectivity index is 2.01. The van der Waals surface area contributed by atoms with E-state index in [9.17, 15) is 10.1 Å². The van der Waals surface area contributed by atoms with Gasteiger partial charge in [0.1, 0.15) is 6.33 Å². The molecule has 0 atom stereocenters. The average molecular weight is 376 g/mol. The lowest BCUT2D eigenvalue weighted by atomic mass is 10.3. The van der Waals surface area contributed by atoms with Crippen LogP contribution in [0.2, 0.25) is 10.0 Å². The Bertz CT molecular complexity index is 922. The highest BCUT2D eigenvalue weighted by Gasteiger charge is 2.23. The predicted molar refractivity (Wildman–Crippen MR) is 98.2 cm³/mol. The molecule has 25 heavy (non-hydrogen) atoms. The summed E-state index contributed by atoms with van der Waals surface area (Å²) in [7, 11) is 0. The molecule has 2 aromatic carbocycles. The van der Waals surface area contributed by atoms with E-state index in [2.05, 4.69) is 20.6 Å². The van der Waals surface area contributed by atoms with Gasteiger partial charge in [0, 0.05) is 10.7 Å². The van der Waals surface area contributed by atoms with Crippen LogP contribution in [0, 0.1) is 10.1 Å². The van der Waals surface area contributed by atoms with E-state index in [1.165, 1.54) is 6.33 Å². The molecule has 3 aromatic rings. The summed E-state index contributed by atoms with van der Waals surface area (Å²) in [6.45, 7) is 0. The van der Waals surface area contributed by atoms with Crippen LogP contribution >= 0.6 is 23.2 Å². The van der Waals surface area contributed by atoms with Crippen molar-refractivity contribution in [3.8, 4) is 0 Å². The summed E-state index contributed by atoms with van der Waals surface area (Å²) in [5.41, 5.74) is 0.764. The number of anilines is 4. The van der Waals surface area contributed by atoms with Crippen LogP contribution in [-0.4, -0.2) is 14.9 Å². The van der Waals surface area contributed by atoms with Crippen molar-refractivity contribution >= 4 is 51.9 Å². The lowest BCUT2D eigenvalue weighted by molar-refractivity contribution is -0.383. The predicted octanol–water partition coefficient (Wildman–Crippen LogP) is 5.18. The van der Waals surface area contributed by atoms with Crippen molar-refractivity contribution in [2.24, 2.45) is 0 Å². The summed E-state index contributed by atoms with van der Waals surface area (Å²) in [4.78, 5) is 18.9. The van der Waals surface area contributed by atoms with E-state index >= 15 is 0 Å². The van der Waals surface area contributed by atoms with Crippen LogP contribution in [0.5, 0.6) is 0 Å². The standard InChI is InChI=1S/C16H11Cl2N5O2/c17-10-6-7-12(18)13(8-10)22-16-14(23(24)25)15(19-9-20-16)21-11-4-2-1-3-5-11/h1-9H,(H2,19,20,21,22). The van der Waals surface area contributed by atoms with Gasteiger partial charge < -0.3 is 10.6 Å². The molecule has 0 spiro atoms. The van der Waals surface area contributed by atoms with Crippen molar-refractivity contribution in [3.63, 3.8) is 0 Å². The molecule has 0 aliphatic carbocycles. The molecule has 9 heteroatoms. The molecule has 0 radical (unpaired) electrons. The van der Waals surface area contributed by atoms with Gasteiger partial charge in [-0.25, -0.2) is 9.97 Å². The highest BCUT2D eigenvalue weighted by Crippen LogP contribution is 2.35. The number of hydrogen-bond acceptors (Lipinski definition) is 6. The van der Waals surface area contributed by atoms with Crippen molar-refractivity contribution in [1.29, 1.82) is 0 Å². The minimum absolute atomic E-state index is 0.00241. The number of para-hydroxylation sites is 1. The third kappa shape index (κ3) is 3.96. The van der Waals surface area contributed by atoms with E-state index in [1.54, 1.807) is 42.5 Å². The number of nitro groups is 1. The van der Waals surface area contributed by atoms with E-state index in [0.29, 0.717) is 21.4 Å². The highest BCUT2D eigenvalue weighted by molar-refractivity contribution is 6.35. The van der Waals surface area contributed by atoms with E-state index in [1.807, 2.05) is 6.07 Å². The summed E-state index contributed by atoms with van der Waals surface area (Å²) in [6, 6.07) is 13.8. The molecule has 2 N–H and O–H groups in total. The average Bonchev–Trinajstić information content (AvgIpc) is 2.59. The Morgan fingerprint density at radius 1 is 0.960 bits per heavy atom. The molecule has 126 valence electrons. The molecule has 0 bridgehead atoms. The van der Waals surface area contributed by atoms with E-state index < -0.39 is 4.92 Å². The normalized spacial score (nSPS) is 10.3. The SMILES string of the molecule is O=[N+]([O-])c1c(Nc2ccccc2)ncnc1Nc1cc(Cl)ccc1Cl. The number of halogens is 2. The molecular formula is C16H11Cl2N5O2. The maximum Gasteiger partial charge on any atom is 0.353 e. The van der Waals surface area contributed by atoms with Crippen LogP contribution in [-0.2, 0) is 0 Å². The monoisotopic (exact) mass is 375 g/mol. The molecule has 0 aliphatic heterocycles. The van der Waals surface area contributed by atoms with Gasteiger partial charge in [-0.15, -0.1) is 0 Å². The van der Waals surface area contributed by atoms with Gasteiger partial charge in [-0.3, -0.25) is 10.1 Å². The first-order chi connectivity index (χ1) is 12.0. The number of nitrogens with one attached hydrogen (secondary N) is 2. The lowest BCUT2D eigenvalue weighted by Gasteiger charge is -2.11. The lowest BCUT2D eigenvalue weighted by Crippen LogP contribution is -2.05. The summed E-state index contributed by atoms with van der Waals surface area (Å²) >= 11 is 12.0. The smallest absolute Gasteiger partial charge is 0.334 e. The number of rotatable bonds is 5. The zero-order valence-corrected chi connectivity index (χ0v) is 14.1. The van der Waals surface area contributed by atoms with Gasteiger partial charge in [0.15, 0.2) is 0 Å². The minimum Gasteiger partial charge on any atom is -0.334 e. The van der Waals surface area contributed by atoms with Gasteiger partial charge in [-0.2, -0.15) is 0 Å². The molecule has 3 rings (SSSR count). The number of nitrogens with zero attached hydrogens (tertiary/aromatic N) is 3. The molecule has 0 unspecified atom stereocenters. The van der Waals surface area contributed by atoms with Crippen molar-refractivity contribution < 1.29 is 4.92 Å². The Labute approximate surface area is 152 Å². The first-order valence-corrected chi connectivity index (χ1v) is 7.83. The van der Waals surface area contributed by atoms with Crippen molar-refractivity contribution in [2.45, 2.75) is 0 Å². The summed E-state index contributed by atoms with van der Waals surface area (Å²) in [5, 5.41) is 18.1. The second-order valence-electron chi connectivity index (χ2n) is 4.92. The van der Waals surface area contributed by atoms with E-state index in [-0.39, 0.29) is 17.3 Å². The Hall–Kier alpha value is -2.90. The fourth-order valence-electron chi connectivity index (χ4n) is 2.11. The molecule has 1 aromatic heterocycles. The minimum atomic E-state index is -0.563. The zero-order chi connectivity index (χ0) is 17.8. The number of hydrogen-bond donors (Lipinski definition) is 2. The van der Waals surface area contributed by atoms with Gasteiger partial charge in [-0.05, 0) is 30.3 Å². The molecule has 0 fully saturated rings. The largest absolute Gasteiger partial charge is 0.353 e. The van der Waals surface area contributed by atoms with Crippen LogP contribution < -0.4 is 10.6 Å². The fraction of sp³-hybridized carbons (Fsp3) is 0. The summed E-state index contributed by atoms with van der Waals surface area (Å²) in [6.07, 6.45) is 1.22. The Morgan fingerprint density at radius 3 is 2.32 bits per heavy atom. The highest BCUT2D eigenvalue weighted by atomic mass is 35.5. The maximum atomic E-state index is 11.6. The Kier molecular flexibility index (Phi) is 4.97. The van der Waals surface area contributed by atoms with Crippen molar-refractivity contribution in [3.05, 3.63) is 75.0 Å². The third-order valence-electron chi connectivity index (χ3n) is 3.22. The van der Waals surface area contributed by atoms with Crippen LogP contribution in [0.25, 0.3) is 0 Å². The van der Waals surface area contributed by atoms with Crippen LogP contribution in [0.4, 0.5) is 28.7 Å². The van der Waals surface area contributed by atoms with Crippen molar-refractivity contribution in [1.82, 2.24) is 9.97 Å². The van der Waals surface area contributed by atoms with Gasteiger partial charge in [0.2, 0.25) is 11.6 Å². The van der Waals surface area contributed by atoms with Gasteiger partial charge in [0.05, 0.1) is 15.6 Å². The molecule has 0 amide bonds. The summed E-state index contributed by atoms with van der Waals surface area (Å²) < 4.78 is 0. The zero-order valence-electron chi connectivity index (χ0n) is 12.6. The first kappa shape index (κ1) is 16.9. The quantitative estimate of drug-likeness (QED) is 0.471. The molecule has 7 nitrogen and oxygen atoms in total. The fourth-order valence-corrected chi connectivity index (χ4v) is 2.45. The number of aromatic nitrogens is 2. The molecular weight excluding hydrogens is 365 g/mol.